The van der Waals surface area contributed by atoms with E-state index in [1.165, 1.54) is 4.90 Å². The lowest BCUT2D eigenvalue weighted by Crippen LogP contribution is -2.50. The number of rotatable bonds is 10. The number of hydrogen-bond acceptors (Lipinski definition) is 11. The maximum Gasteiger partial charge on any atom is 0.294 e. The number of benzene rings is 1. The van der Waals surface area contributed by atoms with Crippen LogP contribution in [0.2, 0.25) is 0 Å². The van der Waals surface area contributed by atoms with Crippen LogP contribution in [0.3, 0.4) is 0 Å². The molecule has 1 aromatic heterocycles. The number of amides is 1. The number of anilines is 1. The minimum absolute atomic E-state index is 0.0167. The third-order valence-corrected chi connectivity index (χ3v) is 5.69. The lowest BCUT2D eigenvalue weighted by Gasteiger charge is -2.37. The van der Waals surface area contributed by atoms with Gasteiger partial charge in [-0.05, 0) is 32.4 Å². The van der Waals surface area contributed by atoms with Crippen LogP contribution < -0.4 is 9.64 Å². The van der Waals surface area contributed by atoms with E-state index < -0.39 is 16.7 Å². The van der Waals surface area contributed by atoms with Gasteiger partial charge < -0.3 is 29.2 Å². The smallest absolute Gasteiger partial charge is 0.294 e. The highest BCUT2D eigenvalue weighted by molar-refractivity contribution is 6.99. The zero-order chi connectivity index (χ0) is 24.7. The summed E-state index contributed by atoms with van der Waals surface area (Å²) < 4.78 is 19.6. The van der Waals surface area contributed by atoms with Gasteiger partial charge in [-0.2, -0.15) is 4.37 Å². The third kappa shape index (κ3) is 6.74. The van der Waals surface area contributed by atoms with Crippen LogP contribution in [0, 0.1) is 10.1 Å². The fraction of sp³-hybridized carbons (Fsp3) is 0.571. The number of hydrogen-bond donors (Lipinski definition) is 1. The molecule has 1 unspecified atom stereocenters. The first-order chi connectivity index (χ1) is 16.2. The van der Waals surface area contributed by atoms with Gasteiger partial charge in [-0.25, -0.2) is 0 Å². The van der Waals surface area contributed by atoms with E-state index in [1.807, 2.05) is 25.7 Å². The Balaban J connectivity index is 1.68. The van der Waals surface area contributed by atoms with Crippen molar-refractivity contribution in [3.63, 3.8) is 0 Å². The molecule has 186 valence electrons. The number of aromatic nitrogens is 2. The highest BCUT2D eigenvalue weighted by Crippen LogP contribution is 2.27. The van der Waals surface area contributed by atoms with Crippen molar-refractivity contribution >= 4 is 23.5 Å². The summed E-state index contributed by atoms with van der Waals surface area (Å²) in [5, 5.41) is 20.4. The predicted octanol–water partition coefficient (Wildman–Crippen LogP) is 1.76. The maximum absolute atomic E-state index is 13.4. The van der Waals surface area contributed by atoms with E-state index in [9.17, 15) is 20.0 Å². The van der Waals surface area contributed by atoms with Gasteiger partial charge in [-0.15, -0.1) is 14.5 Å². The van der Waals surface area contributed by atoms with Crippen LogP contribution in [0.4, 0.5) is 5.82 Å². The topological polar surface area (TPSA) is 140 Å². The summed E-state index contributed by atoms with van der Waals surface area (Å²) in [6.07, 6.45) is -1.01. The summed E-state index contributed by atoms with van der Waals surface area (Å²) >= 11 is 1.03. The molecule has 1 atom stereocenters. The van der Waals surface area contributed by atoms with Crippen molar-refractivity contribution in [1.82, 2.24) is 13.6 Å². The van der Waals surface area contributed by atoms with Gasteiger partial charge in [0.2, 0.25) is 5.82 Å². The second-order valence-corrected chi connectivity index (χ2v) is 9.23. The van der Waals surface area contributed by atoms with E-state index in [-0.39, 0.29) is 31.2 Å². The van der Waals surface area contributed by atoms with E-state index >= 15 is 0 Å². The van der Waals surface area contributed by atoms with Crippen LogP contribution in [0.25, 0.3) is 0 Å². The molecule has 12 nitrogen and oxygen atoms in total. The van der Waals surface area contributed by atoms with Gasteiger partial charge in [0.1, 0.15) is 19.3 Å². The number of aliphatic hydroxyl groups is 1. The highest BCUT2D eigenvalue weighted by Gasteiger charge is 2.31. The summed E-state index contributed by atoms with van der Waals surface area (Å²) in [6, 6.07) is 6.52. The number of carbonyl (C=O) groups excluding carboxylic acids is 1. The van der Waals surface area contributed by atoms with E-state index in [4.69, 9.17) is 9.47 Å². The van der Waals surface area contributed by atoms with E-state index in [1.54, 1.807) is 24.3 Å². The molecule has 13 heteroatoms. The minimum Gasteiger partial charge on any atom is -0.472 e. The number of carbonyl (C=O) groups is 1. The number of nitrogens with zero attached hydrogens (tertiary/aromatic N) is 5. The van der Waals surface area contributed by atoms with Crippen molar-refractivity contribution in [2.75, 3.05) is 44.4 Å². The van der Waals surface area contributed by atoms with Gasteiger partial charge in [0.05, 0.1) is 31.5 Å². The first-order valence-electron chi connectivity index (χ1n) is 10.8. The molecule has 2 aromatic rings. The molecular weight excluding hydrogens is 466 g/mol. The van der Waals surface area contributed by atoms with Crippen molar-refractivity contribution in [2.45, 2.75) is 39.0 Å². The van der Waals surface area contributed by atoms with Gasteiger partial charge in [0, 0.05) is 24.2 Å². The third-order valence-electron chi connectivity index (χ3n) is 5.19. The molecule has 0 spiro atoms. The lowest BCUT2D eigenvalue weighted by molar-refractivity contribution is -0.763. The van der Waals surface area contributed by atoms with E-state index in [0.29, 0.717) is 43.6 Å². The quantitative estimate of drug-likeness (QED) is 0.383. The van der Waals surface area contributed by atoms with Crippen molar-refractivity contribution in [1.29, 1.82) is 0 Å². The Morgan fingerprint density at radius 1 is 1.32 bits per heavy atom. The summed E-state index contributed by atoms with van der Waals surface area (Å²) in [4.78, 5) is 32.0. The number of β-amino-alcohol motifs (C(OH)–C–C–N with tert-alkyl or cyclic N) is 1. The molecule has 1 aromatic carbocycles. The summed E-state index contributed by atoms with van der Waals surface area (Å²) in [7, 11) is 0. The molecule has 1 aliphatic rings. The van der Waals surface area contributed by atoms with Crippen LogP contribution >= 0.6 is 11.7 Å². The molecule has 0 bridgehead atoms. The maximum atomic E-state index is 13.4. The second-order valence-electron chi connectivity index (χ2n) is 8.70. The molecule has 1 aliphatic heterocycles. The van der Waals surface area contributed by atoms with Gasteiger partial charge in [-0.3, -0.25) is 4.79 Å². The van der Waals surface area contributed by atoms with Gasteiger partial charge in [0.25, 0.3) is 16.9 Å². The standard InChI is InChI=1S/C21H29N5O7S/c1-21(2,3)25(20(28)17-7-5-4-6-15(17)13-33-26(29)30)12-16(27)14-32-19-18(22-34-23-19)24-8-10-31-11-9-24/h4-7,16,27H,8-14H2,1-3H3. The van der Waals surface area contributed by atoms with Gasteiger partial charge in [0.15, 0.2) is 0 Å². The minimum atomic E-state index is -1.01. The Hall–Kier alpha value is -3.03. The summed E-state index contributed by atoms with van der Waals surface area (Å²) in [5.41, 5.74) is 0.00889. The molecule has 1 amide bonds. The summed E-state index contributed by atoms with van der Waals surface area (Å²) in [6.45, 7) is 7.62. The molecule has 1 fully saturated rings. The largest absolute Gasteiger partial charge is 0.472 e. The Kier molecular flexibility index (Phi) is 8.58. The van der Waals surface area contributed by atoms with Crippen LogP contribution in [0.1, 0.15) is 36.7 Å². The fourth-order valence-corrected chi connectivity index (χ4v) is 3.98. The van der Waals surface area contributed by atoms with Crippen LogP contribution in [0.15, 0.2) is 24.3 Å². The molecule has 0 aliphatic carbocycles. The Morgan fingerprint density at radius 3 is 2.71 bits per heavy atom. The average molecular weight is 496 g/mol. The predicted molar refractivity (Wildman–Crippen MR) is 123 cm³/mol. The molecule has 1 saturated heterocycles. The van der Waals surface area contributed by atoms with Crippen molar-refractivity contribution in [3.8, 4) is 5.88 Å². The molecule has 2 heterocycles. The molecular formula is C21H29N5O7S. The molecule has 0 radical (unpaired) electrons. The van der Waals surface area contributed by atoms with Crippen molar-refractivity contribution in [2.24, 2.45) is 0 Å². The molecule has 3 rings (SSSR count). The first kappa shape index (κ1) is 25.6. The second kappa shape index (κ2) is 11.4. The van der Waals surface area contributed by atoms with Crippen molar-refractivity contribution in [3.05, 3.63) is 45.5 Å². The summed E-state index contributed by atoms with van der Waals surface area (Å²) in [5.74, 6) is 0.573. The average Bonchev–Trinajstić information content (AvgIpc) is 3.28. The zero-order valence-corrected chi connectivity index (χ0v) is 20.2. The molecule has 1 N–H and O–H groups in total. The highest BCUT2D eigenvalue weighted by atomic mass is 32.1. The Morgan fingerprint density at radius 2 is 2.03 bits per heavy atom. The van der Waals surface area contributed by atoms with Crippen molar-refractivity contribution < 1.29 is 29.3 Å². The Labute approximate surface area is 201 Å². The number of morpholine rings is 1. The normalized spacial score (nSPS) is 15.0. The van der Waals surface area contributed by atoms with Gasteiger partial charge in [-0.1, -0.05) is 18.2 Å². The Bertz CT molecular complexity index is 974. The van der Waals surface area contributed by atoms with Crippen LogP contribution in [-0.2, 0) is 16.2 Å². The van der Waals surface area contributed by atoms with E-state index in [2.05, 4.69) is 13.6 Å². The first-order valence-corrected chi connectivity index (χ1v) is 11.5. The SMILES string of the molecule is CC(C)(C)N(CC(O)COc1nsnc1N1CCOCC1)C(=O)c1ccccc1CO[N+](=O)[O-]. The van der Waals surface area contributed by atoms with Gasteiger partial charge >= 0.3 is 0 Å². The van der Waals surface area contributed by atoms with Crippen LogP contribution in [-0.4, -0.2) is 80.8 Å². The lowest BCUT2D eigenvalue weighted by atomic mass is 10.0. The van der Waals surface area contributed by atoms with Crippen LogP contribution in [0.5, 0.6) is 5.88 Å². The number of ether oxygens (including phenoxy) is 2. The number of aliphatic hydroxyl groups excluding tert-OH is 1. The molecule has 0 saturated carbocycles. The van der Waals surface area contributed by atoms with E-state index in [0.717, 1.165) is 11.7 Å². The molecule has 34 heavy (non-hydrogen) atoms. The monoisotopic (exact) mass is 495 g/mol. The zero-order valence-electron chi connectivity index (χ0n) is 19.4. The fourth-order valence-electron chi connectivity index (χ4n) is 3.46.